The maximum Gasteiger partial charge on any atom is 0.407 e. The van der Waals surface area contributed by atoms with E-state index in [0.717, 1.165) is 0 Å². The van der Waals surface area contributed by atoms with Gasteiger partial charge in [-0.15, -0.1) is 0 Å². The van der Waals surface area contributed by atoms with Crippen LogP contribution < -0.4 is 0 Å². The molecule has 1 fully saturated rings. The van der Waals surface area contributed by atoms with Gasteiger partial charge in [0.2, 0.25) is 0 Å². The Balaban J connectivity index is 2.43. The van der Waals surface area contributed by atoms with Crippen LogP contribution in [0.3, 0.4) is 0 Å². The summed E-state index contributed by atoms with van der Waals surface area (Å²) in [7, 11) is 3.37. The van der Waals surface area contributed by atoms with E-state index in [-0.39, 0.29) is 6.03 Å². The van der Waals surface area contributed by atoms with Crippen molar-refractivity contribution in [1.29, 1.82) is 0 Å². The normalized spacial score (nSPS) is 16.7. The molecule has 1 aliphatic heterocycles. The molecule has 80 valence electrons. The maximum atomic E-state index is 11.5. The quantitative estimate of drug-likeness (QED) is 0.598. The first-order valence-corrected chi connectivity index (χ1v) is 4.46. The molecule has 3 amide bonds. The van der Waals surface area contributed by atoms with E-state index in [2.05, 4.69) is 0 Å². The molecular weight excluding hydrogens is 186 g/mol. The van der Waals surface area contributed by atoms with Crippen LogP contribution in [0.5, 0.6) is 0 Å². The fraction of sp³-hybridized carbons (Fsp3) is 0.750. The Hall–Kier alpha value is -1.46. The van der Waals surface area contributed by atoms with Crippen molar-refractivity contribution in [3.05, 3.63) is 0 Å². The van der Waals surface area contributed by atoms with Crippen molar-refractivity contribution in [2.24, 2.45) is 0 Å². The summed E-state index contributed by atoms with van der Waals surface area (Å²) in [5.74, 6) is 0. The monoisotopic (exact) mass is 201 g/mol. The van der Waals surface area contributed by atoms with E-state index >= 15 is 0 Å². The van der Waals surface area contributed by atoms with Crippen LogP contribution in [0.25, 0.3) is 0 Å². The smallest absolute Gasteiger partial charge is 0.407 e. The van der Waals surface area contributed by atoms with Crippen LogP contribution in [0.1, 0.15) is 0 Å². The van der Waals surface area contributed by atoms with Crippen molar-refractivity contribution in [3.63, 3.8) is 0 Å². The largest absolute Gasteiger partial charge is 0.465 e. The van der Waals surface area contributed by atoms with Gasteiger partial charge in [0.1, 0.15) is 0 Å². The topological polar surface area (TPSA) is 64.1 Å². The van der Waals surface area contributed by atoms with Crippen molar-refractivity contribution in [2.75, 3.05) is 40.3 Å². The number of carbonyl (C=O) groups excluding carboxylic acids is 1. The fourth-order valence-corrected chi connectivity index (χ4v) is 1.37. The zero-order valence-corrected chi connectivity index (χ0v) is 8.43. The van der Waals surface area contributed by atoms with Crippen LogP contribution in [-0.4, -0.2) is 72.2 Å². The summed E-state index contributed by atoms with van der Waals surface area (Å²) in [6.45, 7) is 1.75. The number of hydrogen-bond donors (Lipinski definition) is 1. The van der Waals surface area contributed by atoms with Gasteiger partial charge in [-0.2, -0.15) is 0 Å². The zero-order chi connectivity index (χ0) is 10.7. The summed E-state index contributed by atoms with van der Waals surface area (Å²) >= 11 is 0. The number of urea groups is 1. The molecular formula is C8H15N3O3. The van der Waals surface area contributed by atoms with Crippen LogP contribution in [0.4, 0.5) is 9.59 Å². The summed E-state index contributed by atoms with van der Waals surface area (Å²) in [4.78, 5) is 26.5. The van der Waals surface area contributed by atoms with Crippen molar-refractivity contribution >= 4 is 12.1 Å². The minimum absolute atomic E-state index is 0.0601. The van der Waals surface area contributed by atoms with E-state index in [1.165, 1.54) is 9.80 Å². The molecule has 0 radical (unpaired) electrons. The lowest BCUT2D eigenvalue weighted by molar-refractivity contribution is 0.105. The third-order valence-electron chi connectivity index (χ3n) is 2.20. The van der Waals surface area contributed by atoms with Gasteiger partial charge < -0.3 is 19.8 Å². The average Bonchev–Trinajstić information content (AvgIpc) is 2.16. The first-order valence-electron chi connectivity index (χ1n) is 4.46. The molecule has 0 saturated carbocycles. The third kappa shape index (κ3) is 2.27. The molecule has 0 atom stereocenters. The molecule has 6 heteroatoms. The summed E-state index contributed by atoms with van der Waals surface area (Å²) in [6, 6.07) is -0.0601. The van der Waals surface area contributed by atoms with Gasteiger partial charge in [-0.3, -0.25) is 0 Å². The van der Waals surface area contributed by atoms with Crippen LogP contribution in [0, 0.1) is 0 Å². The molecule has 0 aromatic heterocycles. The Morgan fingerprint density at radius 2 is 1.50 bits per heavy atom. The van der Waals surface area contributed by atoms with E-state index in [1.54, 1.807) is 19.0 Å². The average molecular weight is 201 g/mol. The summed E-state index contributed by atoms with van der Waals surface area (Å²) in [6.07, 6.45) is -0.915. The molecule has 0 bridgehead atoms. The number of amides is 3. The van der Waals surface area contributed by atoms with Gasteiger partial charge >= 0.3 is 12.1 Å². The minimum Gasteiger partial charge on any atom is -0.465 e. The molecule has 14 heavy (non-hydrogen) atoms. The highest BCUT2D eigenvalue weighted by Gasteiger charge is 2.24. The molecule has 6 nitrogen and oxygen atoms in total. The highest BCUT2D eigenvalue weighted by molar-refractivity contribution is 5.74. The summed E-state index contributed by atoms with van der Waals surface area (Å²) in [5, 5.41) is 8.68. The number of rotatable bonds is 0. The van der Waals surface area contributed by atoms with Crippen molar-refractivity contribution < 1.29 is 14.7 Å². The van der Waals surface area contributed by atoms with Crippen molar-refractivity contribution in [2.45, 2.75) is 0 Å². The number of nitrogens with zero attached hydrogens (tertiary/aromatic N) is 3. The molecule has 0 spiro atoms. The zero-order valence-electron chi connectivity index (χ0n) is 8.43. The standard InChI is InChI=1S/C8H15N3O3/c1-9(2)7(12)10-3-5-11(6-4-10)8(13)14/h3-6H2,1-2H3,(H,13,14). The van der Waals surface area contributed by atoms with Gasteiger partial charge in [0.25, 0.3) is 0 Å². The Bertz CT molecular complexity index is 234. The molecule has 1 rings (SSSR count). The number of hydrogen-bond acceptors (Lipinski definition) is 2. The molecule has 0 aliphatic carbocycles. The molecule has 1 saturated heterocycles. The van der Waals surface area contributed by atoms with Crippen molar-refractivity contribution in [1.82, 2.24) is 14.7 Å². The predicted octanol–water partition coefficient (Wildman–Crippen LogP) is -0.0364. The van der Waals surface area contributed by atoms with E-state index in [0.29, 0.717) is 26.2 Å². The lowest BCUT2D eigenvalue weighted by Crippen LogP contribution is -2.52. The molecule has 1 aliphatic rings. The summed E-state index contributed by atoms with van der Waals surface area (Å²) < 4.78 is 0. The van der Waals surface area contributed by atoms with Crippen LogP contribution >= 0.6 is 0 Å². The van der Waals surface area contributed by atoms with Crippen LogP contribution in [0.15, 0.2) is 0 Å². The second-order valence-electron chi connectivity index (χ2n) is 3.43. The van der Waals surface area contributed by atoms with E-state index < -0.39 is 6.09 Å². The van der Waals surface area contributed by atoms with Gasteiger partial charge in [-0.25, -0.2) is 9.59 Å². The second-order valence-corrected chi connectivity index (χ2v) is 3.43. The van der Waals surface area contributed by atoms with E-state index in [9.17, 15) is 9.59 Å². The lowest BCUT2D eigenvalue weighted by atomic mass is 10.3. The van der Waals surface area contributed by atoms with Gasteiger partial charge in [-0.1, -0.05) is 0 Å². The molecule has 1 N–H and O–H groups in total. The first kappa shape index (κ1) is 10.6. The minimum atomic E-state index is -0.915. The SMILES string of the molecule is CN(C)C(=O)N1CCN(C(=O)O)CC1. The van der Waals surface area contributed by atoms with Crippen LogP contribution in [-0.2, 0) is 0 Å². The van der Waals surface area contributed by atoms with Crippen LogP contribution in [0.2, 0.25) is 0 Å². The second kappa shape index (κ2) is 4.17. The predicted molar refractivity (Wildman–Crippen MR) is 50.3 cm³/mol. The fourth-order valence-electron chi connectivity index (χ4n) is 1.37. The van der Waals surface area contributed by atoms with Gasteiger partial charge in [0, 0.05) is 40.3 Å². The Morgan fingerprint density at radius 3 is 1.86 bits per heavy atom. The number of piperazine rings is 1. The van der Waals surface area contributed by atoms with Gasteiger partial charge in [0.05, 0.1) is 0 Å². The Morgan fingerprint density at radius 1 is 1.07 bits per heavy atom. The van der Waals surface area contributed by atoms with Gasteiger partial charge in [0.15, 0.2) is 0 Å². The first-order chi connectivity index (χ1) is 6.52. The van der Waals surface area contributed by atoms with E-state index in [4.69, 9.17) is 5.11 Å². The summed E-state index contributed by atoms with van der Waals surface area (Å²) in [5.41, 5.74) is 0. The van der Waals surface area contributed by atoms with Crippen molar-refractivity contribution in [3.8, 4) is 0 Å². The molecule has 0 aromatic rings. The third-order valence-corrected chi connectivity index (χ3v) is 2.20. The number of carboxylic acid groups (broad SMARTS) is 1. The maximum absolute atomic E-state index is 11.5. The number of carbonyl (C=O) groups is 2. The Kier molecular flexibility index (Phi) is 3.16. The van der Waals surface area contributed by atoms with E-state index in [1.807, 2.05) is 0 Å². The molecule has 0 aromatic carbocycles. The molecule has 0 unspecified atom stereocenters. The Labute approximate surface area is 82.7 Å². The highest BCUT2D eigenvalue weighted by atomic mass is 16.4. The molecule has 1 heterocycles. The lowest BCUT2D eigenvalue weighted by Gasteiger charge is -2.34. The highest BCUT2D eigenvalue weighted by Crippen LogP contribution is 2.03. The van der Waals surface area contributed by atoms with Gasteiger partial charge in [-0.05, 0) is 0 Å².